The van der Waals surface area contributed by atoms with Gasteiger partial charge < -0.3 is 10.1 Å². The average molecular weight is 343 g/mol. The van der Waals surface area contributed by atoms with E-state index in [2.05, 4.69) is 21.9 Å². The fraction of sp³-hybridized carbons (Fsp3) is 0.0870. The fourth-order valence-electron chi connectivity index (χ4n) is 1.92. The van der Waals surface area contributed by atoms with Crippen molar-refractivity contribution in [2.75, 3.05) is 13.2 Å². The molecule has 0 saturated carbocycles. The Hall–Kier alpha value is -3.51. The molecule has 1 aliphatic rings. The second-order valence-electron chi connectivity index (χ2n) is 5.20. The third-order valence-corrected chi connectivity index (χ3v) is 3.17. The molecule has 1 amide bonds. The molecule has 3 heteroatoms. The Morgan fingerprint density at radius 2 is 1.04 bits per heavy atom. The molecular weight excluding hydrogens is 322 g/mol. The van der Waals surface area contributed by atoms with Crippen LogP contribution in [-0.2, 0) is 4.74 Å². The maximum absolute atomic E-state index is 9.91. The molecule has 1 aliphatic heterocycles. The van der Waals surface area contributed by atoms with Gasteiger partial charge in [-0.25, -0.2) is 4.79 Å². The summed E-state index contributed by atoms with van der Waals surface area (Å²) in [6, 6.07) is 32.0. The summed E-state index contributed by atoms with van der Waals surface area (Å²) in [4.78, 5) is 9.91. The number of ether oxygens (including phenoxy) is 1. The third-order valence-electron chi connectivity index (χ3n) is 3.17. The number of carbonyl (C=O) groups excluding carboxylic acids is 1. The van der Waals surface area contributed by atoms with E-state index in [-0.39, 0.29) is 6.09 Å². The van der Waals surface area contributed by atoms with Gasteiger partial charge >= 0.3 is 6.09 Å². The molecule has 1 fully saturated rings. The lowest BCUT2D eigenvalue weighted by atomic mass is 10.2. The molecule has 1 N–H and O–H groups in total. The molecule has 0 aliphatic carbocycles. The lowest BCUT2D eigenvalue weighted by Crippen LogP contribution is -2.11. The normalized spacial score (nSPS) is 11.2. The van der Waals surface area contributed by atoms with Gasteiger partial charge in [-0.15, -0.1) is 0 Å². The number of rotatable bonds is 0. The largest absolute Gasteiger partial charge is 0.448 e. The molecule has 1 heterocycles. The van der Waals surface area contributed by atoms with Crippen LogP contribution >= 0.6 is 0 Å². The van der Waals surface area contributed by atoms with Gasteiger partial charge in [0.1, 0.15) is 6.61 Å². The van der Waals surface area contributed by atoms with E-state index in [1.54, 1.807) is 0 Å². The number of amides is 1. The van der Waals surface area contributed by atoms with Crippen LogP contribution in [0.5, 0.6) is 0 Å². The molecule has 3 aromatic rings. The molecule has 130 valence electrons. The molecule has 3 aromatic carbocycles. The van der Waals surface area contributed by atoms with E-state index >= 15 is 0 Å². The first-order valence-corrected chi connectivity index (χ1v) is 8.37. The van der Waals surface area contributed by atoms with E-state index in [0.717, 1.165) is 11.1 Å². The first kappa shape index (κ1) is 18.8. The Morgan fingerprint density at radius 1 is 0.654 bits per heavy atom. The molecule has 0 spiro atoms. The standard InChI is InChI=1S/C14H10.C6H6.C3H5NO2/c1-3-7-13(8-4-1)11-12-14-9-5-2-6-10-14;1-2-4-6-5-3-1;5-3-4-1-2-6-3/h1-10H;1-6H;1-2H2,(H,4,5). The molecule has 0 unspecified atom stereocenters. The van der Waals surface area contributed by atoms with Crippen molar-refractivity contribution >= 4 is 6.09 Å². The van der Waals surface area contributed by atoms with Crippen molar-refractivity contribution in [3.05, 3.63) is 108 Å². The van der Waals surface area contributed by atoms with E-state index in [1.165, 1.54) is 0 Å². The maximum atomic E-state index is 9.91. The molecule has 4 rings (SSSR count). The van der Waals surface area contributed by atoms with Gasteiger partial charge in [-0.05, 0) is 24.3 Å². The lowest BCUT2D eigenvalue weighted by Gasteiger charge is -1.88. The number of alkyl carbamates (subject to hydrolysis) is 1. The average Bonchev–Trinajstić information content (AvgIpc) is 3.21. The quantitative estimate of drug-likeness (QED) is 0.610. The molecule has 0 aromatic heterocycles. The minimum atomic E-state index is -0.296. The smallest absolute Gasteiger partial charge is 0.407 e. The van der Waals surface area contributed by atoms with E-state index < -0.39 is 0 Å². The van der Waals surface area contributed by atoms with Gasteiger partial charge in [-0.3, -0.25) is 0 Å². The number of nitrogens with one attached hydrogen (secondary N) is 1. The zero-order valence-corrected chi connectivity index (χ0v) is 14.5. The van der Waals surface area contributed by atoms with Crippen LogP contribution in [0.15, 0.2) is 97.1 Å². The number of cyclic esters (lactones) is 1. The highest BCUT2D eigenvalue weighted by Gasteiger charge is 2.06. The van der Waals surface area contributed by atoms with Crippen LogP contribution in [0.1, 0.15) is 11.1 Å². The Bertz CT molecular complexity index is 728. The zero-order chi connectivity index (χ0) is 18.3. The van der Waals surface area contributed by atoms with Gasteiger partial charge in [0.15, 0.2) is 0 Å². The van der Waals surface area contributed by atoms with E-state index in [9.17, 15) is 4.79 Å². The summed E-state index contributed by atoms with van der Waals surface area (Å²) in [6.45, 7) is 1.19. The van der Waals surface area contributed by atoms with Crippen molar-refractivity contribution in [3.8, 4) is 11.8 Å². The summed E-state index contributed by atoms with van der Waals surface area (Å²) < 4.78 is 4.40. The Balaban J connectivity index is 0.000000166. The van der Waals surface area contributed by atoms with Gasteiger partial charge in [-0.1, -0.05) is 84.6 Å². The van der Waals surface area contributed by atoms with Gasteiger partial charge in [-0.2, -0.15) is 0 Å². The fourth-order valence-corrected chi connectivity index (χ4v) is 1.92. The first-order chi connectivity index (χ1) is 12.8. The summed E-state index contributed by atoms with van der Waals surface area (Å²) in [6.07, 6.45) is -0.296. The van der Waals surface area contributed by atoms with E-state index in [0.29, 0.717) is 13.2 Å². The van der Waals surface area contributed by atoms with Crippen molar-refractivity contribution in [2.24, 2.45) is 0 Å². The summed E-state index contributed by atoms with van der Waals surface area (Å²) in [7, 11) is 0. The van der Waals surface area contributed by atoms with Gasteiger partial charge in [0.25, 0.3) is 0 Å². The van der Waals surface area contributed by atoms with Crippen LogP contribution in [0.25, 0.3) is 0 Å². The molecule has 0 bridgehead atoms. The maximum Gasteiger partial charge on any atom is 0.407 e. The highest BCUT2D eigenvalue weighted by atomic mass is 16.6. The molecule has 1 saturated heterocycles. The number of benzene rings is 3. The van der Waals surface area contributed by atoms with Gasteiger partial charge in [0.05, 0.1) is 6.54 Å². The second-order valence-corrected chi connectivity index (χ2v) is 5.20. The molecule has 26 heavy (non-hydrogen) atoms. The van der Waals surface area contributed by atoms with Crippen molar-refractivity contribution < 1.29 is 9.53 Å². The van der Waals surface area contributed by atoms with Crippen LogP contribution in [0.3, 0.4) is 0 Å². The van der Waals surface area contributed by atoms with Crippen LogP contribution < -0.4 is 5.32 Å². The summed E-state index contributed by atoms with van der Waals surface area (Å²) in [5.74, 6) is 6.22. The summed E-state index contributed by atoms with van der Waals surface area (Å²) >= 11 is 0. The first-order valence-electron chi connectivity index (χ1n) is 8.37. The van der Waals surface area contributed by atoms with Crippen molar-refractivity contribution in [1.82, 2.24) is 5.32 Å². The van der Waals surface area contributed by atoms with Crippen LogP contribution in [0.4, 0.5) is 4.79 Å². The Morgan fingerprint density at radius 3 is 1.31 bits per heavy atom. The van der Waals surface area contributed by atoms with Gasteiger partial charge in [0.2, 0.25) is 0 Å². The third kappa shape index (κ3) is 8.37. The van der Waals surface area contributed by atoms with Crippen LogP contribution in [0, 0.1) is 11.8 Å². The lowest BCUT2D eigenvalue weighted by molar-refractivity contribution is 0.178. The summed E-state index contributed by atoms with van der Waals surface area (Å²) in [5, 5.41) is 2.46. The predicted octanol–water partition coefficient (Wildman–Crippen LogP) is 4.50. The molecule has 3 nitrogen and oxygen atoms in total. The topological polar surface area (TPSA) is 38.3 Å². The zero-order valence-electron chi connectivity index (χ0n) is 14.5. The molecule has 0 atom stereocenters. The molecule has 0 radical (unpaired) electrons. The monoisotopic (exact) mass is 343 g/mol. The van der Waals surface area contributed by atoms with Crippen LogP contribution in [-0.4, -0.2) is 19.2 Å². The number of carbonyl (C=O) groups is 1. The van der Waals surface area contributed by atoms with E-state index in [1.807, 2.05) is 97.1 Å². The predicted molar refractivity (Wildman–Crippen MR) is 105 cm³/mol. The highest BCUT2D eigenvalue weighted by Crippen LogP contribution is 1.98. The Kier molecular flexibility index (Phi) is 8.64. The minimum absolute atomic E-state index is 0.296. The van der Waals surface area contributed by atoms with Crippen molar-refractivity contribution in [2.45, 2.75) is 0 Å². The Labute approximate surface area is 154 Å². The second kappa shape index (κ2) is 11.9. The highest BCUT2D eigenvalue weighted by molar-refractivity contribution is 5.68. The number of hydrogen-bond acceptors (Lipinski definition) is 2. The number of hydrogen-bond donors (Lipinski definition) is 1. The van der Waals surface area contributed by atoms with E-state index in [4.69, 9.17) is 0 Å². The van der Waals surface area contributed by atoms with Crippen molar-refractivity contribution in [1.29, 1.82) is 0 Å². The molecular formula is C23H21NO2. The summed E-state index contributed by atoms with van der Waals surface area (Å²) in [5.41, 5.74) is 2.10. The SMILES string of the molecule is C(#Cc1ccccc1)c1ccccc1.O=C1NCCO1.c1ccccc1. The van der Waals surface area contributed by atoms with Crippen molar-refractivity contribution in [3.63, 3.8) is 0 Å². The minimum Gasteiger partial charge on any atom is -0.448 e. The van der Waals surface area contributed by atoms with Gasteiger partial charge in [0, 0.05) is 11.1 Å². The van der Waals surface area contributed by atoms with Crippen LogP contribution in [0.2, 0.25) is 0 Å².